The van der Waals surface area contributed by atoms with Gasteiger partial charge in [-0.05, 0) is 184 Å². The van der Waals surface area contributed by atoms with E-state index in [1.165, 1.54) is 125 Å². The minimum absolute atomic E-state index is 0.640. The summed E-state index contributed by atoms with van der Waals surface area (Å²) in [4.78, 5) is 29.6. The van der Waals surface area contributed by atoms with E-state index in [2.05, 4.69) is 276 Å². The highest BCUT2D eigenvalue weighted by Gasteiger charge is 2.21. The first-order chi connectivity index (χ1) is 54.5. The van der Waals surface area contributed by atoms with Gasteiger partial charge < -0.3 is 9.13 Å². The molecule has 110 heavy (non-hydrogen) atoms. The van der Waals surface area contributed by atoms with Crippen molar-refractivity contribution in [1.82, 2.24) is 39.0 Å². The minimum atomic E-state index is 0.640. The molecule has 0 bridgehead atoms. The molecular formula is C102H64N8. The summed E-state index contributed by atoms with van der Waals surface area (Å²) in [6, 6.07) is 138. The van der Waals surface area contributed by atoms with Crippen molar-refractivity contribution >= 4 is 108 Å². The van der Waals surface area contributed by atoms with Gasteiger partial charge in [-0.2, -0.15) is 0 Å². The van der Waals surface area contributed by atoms with Crippen LogP contribution >= 0.6 is 0 Å². The summed E-state index contributed by atoms with van der Waals surface area (Å²) in [7, 11) is 0. The molecule has 4 heterocycles. The van der Waals surface area contributed by atoms with Crippen molar-refractivity contribution in [3.63, 3.8) is 0 Å². The van der Waals surface area contributed by atoms with Gasteiger partial charge in [0, 0.05) is 66.3 Å². The Morgan fingerprint density at radius 3 is 0.918 bits per heavy atom. The van der Waals surface area contributed by atoms with Gasteiger partial charge in [-0.15, -0.1) is 0 Å². The van der Waals surface area contributed by atoms with Crippen LogP contribution in [0.2, 0.25) is 0 Å². The summed E-state index contributed by atoms with van der Waals surface area (Å²) in [6.07, 6.45) is 0. The molecule has 0 atom stereocenters. The second-order valence-electron chi connectivity index (χ2n) is 28.1. The van der Waals surface area contributed by atoms with E-state index < -0.39 is 0 Å². The fourth-order valence-electron chi connectivity index (χ4n) is 16.4. The summed E-state index contributed by atoms with van der Waals surface area (Å²) in [6.45, 7) is 0. The van der Waals surface area contributed by atoms with E-state index in [0.29, 0.717) is 34.9 Å². The summed E-state index contributed by atoms with van der Waals surface area (Å²) < 4.78 is 4.75. The zero-order valence-electron chi connectivity index (χ0n) is 59.5. The highest BCUT2D eigenvalue weighted by Crippen LogP contribution is 2.44. The lowest BCUT2D eigenvalue weighted by Crippen LogP contribution is -2.00. The molecule has 22 rings (SSSR count). The highest BCUT2D eigenvalue weighted by molar-refractivity contribution is 6.24. The molecule has 8 heteroatoms. The predicted octanol–water partition coefficient (Wildman–Crippen LogP) is 26.2. The Labute approximate surface area is 633 Å². The van der Waals surface area contributed by atoms with Crippen LogP contribution < -0.4 is 0 Å². The standard InChI is InChI=1S/2C51H32N4/c1-3-13-34(14-4-1)49-52-50(35-15-5-2-6-16-35)54-51(53-49)36-25-28-39(29-26-36)55-46-22-12-11-21-43(46)48-45-32-38(24-23-33(45)27-30-47(48)55)44-31-37-17-7-8-18-40(37)41-19-9-10-20-42(41)44;1-3-12-35(13-4-1)49-52-50(36-14-5-2-6-15-36)54-51(53-49)37-23-27-41(28-24-37)55-46-18-10-9-17-44(46)48-45-32-39(21-19-34(45)26-30-47(48)55)38-25-29-43-40(31-38)22-20-33-11-7-8-16-42(33)43/h2*1-32H. The first-order valence-corrected chi connectivity index (χ1v) is 37.2. The smallest absolute Gasteiger partial charge is 0.164 e. The third-order valence-corrected chi connectivity index (χ3v) is 21.6. The Bertz CT molecular complexity index is 7250. The van der Waals surface area contributed by atoms with Crippen molar-refractivity contribution in [3.8, 4) is 102 Å². The van der Waals surface area contributed by atoms with Crippen LogP contribution in [0, 0.1) is 0 Å². The highest BCUT2D eigenvalue weighted by atomic mass is 15.0. The molecule has 0 radical (unpaired) electrons. The Balaban J connectivity index is 0.000000140. The van der Waals surface area contributed by atoms with Gasteiger partial charge in [-0.3, -0.25) is 0 Å². The Morgan fingerprint density at radius 2 is 0.445 bits per heavy atom. The van der Waals surface area contributed by atoms with Crippen molar-refractivity contribution in [3.05, 3.63) is 388 Å². The lowest BCUT2D eigenvalue weighted by atomic mass is 9.91. The first-order valence-electron chi connectivity index (χ1n) is 37.2. The van der Waals surface area contributed by atoms with Crippen molar-refractivity contribution in [1.29, 1.82) is 0 Å². The zero-order valence-corrected chi connectivity index (χ0v) is 59.5. The molecule has 0 aliphatic heterocycles. The van der Waals surface area contributed by atoms with E-state index in [-0.39, 0.29) is 0 Å². The molecule has 512 valence electrons. The molecule has 18 aromatic carbocycles. The van der Waals surface area contributed by atoms with Gasteiger partial charge in [0.1, 0.15) is 0 Å². The molecule has 0 spiro atoms. The average molecular weight is 1400 g/mol. The van der Waals surface area contributed by atoms with Gasteiger partial charge in [-0.1, -0.05) is 291 Å². The van der Waals surface area contributed by atoms with Crippen molar-refractivity contribution in [2.75, 3.05) is 0 Å². The van der Waals surface area contributed by atoms with Gasteiger partial charge in [0.15, 0.2) is 34.9 Å². The largest absolute Gasteiger partial charge is 0.309 e. The number of rotatable bonds is 10. The number of para-hydroxylation sites is 2. The molecule has 0 saturated carbocycles. The summed E-state index contributed by atoms with van der Waals surface area (Å²) in [5.41, 5.74) is 17.4. The average Bonchev–Trinajstić information content (AvgIpc) is 1.57. The third kappa shape index (κ3) is 11.2. The molecule has 0 saturated heterocycles. The first kappa shape index (κ1) is 63.6. The predicted molar refractivity (Wildman–Crippen MR) is 457 cm³/mol. The Morgan fingerprint density at radius 1 is 0.155 bits per heavy atom. The lowest BCUT2D eigenvalue weighted by molar-refractivity contribution is 1.07. The van der Waals surface area contributed by atoms with Crippen LogP contribution in [0.3, 0.4) is 0 Å². The molecule has 22 aromatic rings. The number of aromatic nitrogens is 8. The fourth-order valence-corrected chi connectivity index (χ4v) is 16.4. The monoisotopic (exact) mass is 1400 g/mol. The van der Waals surface area contributed by atoms with Gasteiger partial charge >= 0.3 is 0 Å². The van der Waals surface area contributed by atoms with Crippen LogP contribution in [0.15, 0.2) is 388 Å². The molecule has 8 nitrogen and oxygen atoms in total. The third-order valence-electron chi connectivity index (χ3n) is 21.6. The van der Waals surface area contributed by atoms with E-state index in [4.69, 9.17) is 29.9 Å². The molecule has 0 fully saturated rings. The lowest BCUT2D eigenvalue weighted by Gasteiger charge is -2.13. The van der Waals surface area contributed by atoms with E-state index in [0.717, 1.165) is 50.3 Å². The summed E-state index contributed by atoms with van der Waals surface area (Å²) in [5.74, 6) is 3.89. The van der Waals surface area contributed by atoms with E-state index in [1.54, 1.807) is 0 Å². The van der Waals surface area contributed by atoms with Crippen LogP contribution in [-0.2, 0) is 0 Å². The number of benzene rings is 18. The quantitative estimate of drug-likeness (QED) is 0.127. The van der Waals surface area contributed by atoms with Crippen LogP contribution in [0.1, 0.15) is 0 Å². The van der Waals surface area contributed by atoms with Crippen LogP contribution in [0.5, 0.6) is 0 Å². The molecule has 0 unspecified atom stereocenters. The van der Waals surface area contributed by atoms with Crippen LogP contribution in [0.4, 0.5) is 0 Å². The number of hydrogen-bond donors (Lipinski definition) is 0. The minimum Gasteiger partial charge on any atom is -0.309 e. The molecular weight excluding hydrogens is 1340 g/mol. The van der Waals surface area contributed by atoms with Gasteiger partial charge in [0.2, 0.25) is 0 Å². The topological polar surface area (TPSA) is 87.2 Å². The van der Waals surface area contributed by atoms with E-state index in [9.17, 15) is 0 Å². The van der Waals surface area contributed by atoms with Crippen LogP contribution in [0.25, 0.3) is 210 Å². The normalized spacial score (nSPS) is 11.6. The Kier molecular flexibility index (Phi) is 15.4. The number of hydrogen-bond acceptors (Lipinski definition) is 6. The van der Waals surface area contributed by atoms with Gasteiger partial charge in [0.25, 0.3) is 0 Å². The summed E-state index contributed by atoms with van der Waals surface area (Å²) in [5, 5.41) is 20.0. The fraction of sp³-hybridized carbons (Fsp3) is 0. The molecule has 0 N–H and O–H groups in total. The second-order valence-corrected chi connectivity index (χ2v) is 28.1. The second kappa shape index (κ2) is 26.6. The number of nitrogens with zero attached hydrogens (tertiary/aromatic N) is 8. The molecule has 0 amide bonds. The zero-order chi connectivity index (χ0) is 72.6. The maximum Gasteiger partial charge on any atom is 0.164 e. The van der Waals surface area contributed by atoms with Crippen molar-refractivity contribution < 1.29 is 0 Å². The van der Waals surface area contributed by atoms with Crippen molar-refractivity contribution in [2.24, 2.45) is 0 Å². The summed E-state index contributed by atoms with van der Waals surface area (Å²) >= 11 is 0. The van der Waals surface area contributed by atoms with Crippen molar-refractivity contribution in [2.45, 2.75) is 0 Å². The molecule has 0 aliphatic carbocycles. The van der Waals surface area contributed by atoms with Crippen LogP contribution in [-0.4, -0.2) is 39.0 Å². The van der Waals surface area contributed by atoms with E-state index >= 15 is 0 Å². The Hall–Kier alpha value is -14.9. The van der Waals surface area contributed by atoms with E-state index in [1.807, 2.05) is 121 Å². The van der Waals surface area contributed by atoms with Gasteiger partial charge in [0.05, 0.1) is 22.1 Å². The molecule has 0 aliphatic rings. The maximum atomic E-state index is 4.97. The molecule has 4 aromatic heterocycles. The maximum absolute atomic E-state index is 4.97. The van der Waals surface area contributed by atoms with Gasteiger partial charge in [-0.25, -0.2) is 29.9 Å². The number of fused-ring (bicyclic) bond motifs is 16. The SMILES string of the molecule is c1ccc(-c2nc(-c3ccccc3)nc(-c3ccc(-n4c5ccccc5c5c6cc(-c7cc8ccccc8c8ccccc78)ccc6ccc54)cc3)n2)cc1.c1ccc(-c2nc(-c3ccccc3)nc(-c3ccc(-n4c5ccccc5c5c6cc(-c7ccc8c(ccc9ccccc98)c7)ccc6ccc54)cc3)n2)cc1.